The number of amides is 1. The summed E-state index contributed by atoms with van der Waals surface area (Å²) < 4.78 is 79.3. The van der Waals surface area contributed by atoms with Gasteiger partial charge in [0.25, 0.3) is 0 Å². The number of carbonyl (C=O) groups is 1. The minimum Gasteiger partial charge on any atom is -0.399 e. The third-order valence-corrected chi connectivity index (χ3v) is 6.04. The van der Waals surface area contributed by atoms with Crippen LogP contribution in [0.5, 0.6) is 0 Å². The maximum atomic E-state index is 13.2. The number of benzene rings is 2. The molecule has 0 aromatic heterocycles. The lowest BCUT2D eigenvalue weighted by Gasteiger charge is -2.39. The third-order valence-electron chi connectivity index (χ3n) is 6.04. The molecular weight excluding hydrogens is 434 g/mol. The van der Waals surface area contributed by atoms with Gasteiger partial charge in [0.05, 0.1) is 22.6 Å². The summed E-state index contributed by atoms with van der Waals surface area (Å²) in [7, 11) is 0. The van der Waals surface area contributed by atoms with E-state index in [1.54, 1.807) is 24.3 Å². The molecule has 3 nitrogen and oxygen atoms in total. The van der Waals surface area contributed by atoms with Crippen molar-refractivity contribution >= 4 is 11.6 Å². The van der Waals surface area contributed by atoms with Crippen molar-refractivity contribution in [1.29, 1.82) is 0 Å². The maximum Gasteiger partial charge on any atom is 0.416 e. The summed E-state index contributed by atoms with van der Waals surface area (Å²) in [5.41, 5.74) is 3.15. The number of nitrogens with two attached hydrogens (primary N) is 1. The summed E-state index contributed by atoms with van der Waals surface area (Å²) >= 11 is 0. The molecule has 0 saturated heterocycles. The summed E-state index contributed by atoms with van der Waals surface area (Å²) in [6.45, 7) is 1.31. The number of carbonyl (C=O) groups excluding carboxylic acids is 1. The molecule has 1 saturated carbocycles. The summed E-state index contributed by atoms with van der Waals surface area (Å²) in [5.74, 6) is -1.85. The van der Waals surface area contributed by atoms with E-state index >= 15 is 0 Å². The number of halogens is 6. The molecule has 0 spiro atoms. The van der Waals surface area contributed by atoms with Crippen molar-refractivity contribution in [3.63, 3.8) is 0 Å². The van der Waals surface area contributed by atoms with Crippen LogP contribution in [0.3, 0.4) is 0 Å². The Morgan fingerprint density at radius 3 is 1.88 bits per heavy atom. The van der Waals surface area contributed by atoms with Gasteiger partial charge in [-0.2, -0.15) is 26.3 Å². The van der Waals surface area contributed by atoms with Crippen LogP contribution in [0.1, 0.15) is 67.2 Å². The molecule has 0 bridgehead atoms. The second-order valence-corrected chi connectivity index (χ2v) is 8.31. The second-order valence-electron chi connectivity index (χ2n) is 8.31. The van der Waals surface area contributed by atoms with E-state index in [0.29, 0.717) is 30.7 Å². The van der Waals surface area contributed by atoms with Gasteiger partial charge in [0.15, 0.2) is 0 Å². The van der Waals surface area contributed by atoms with E-state index < -0.39 is 40.8 Å². The Hall–Kier alpha value is -2.71. The van der Waals surface area contributed by atoms with Crippen molar-refractivity contribution < 1.29 is 31.1 Å². The Kier molecular flexibility index (Phi) is 6.49. The highest BCUT2D eigenvalue weighted by atomic mass is 19.4. The Bertz CT molecular complexity index is 928. The first kappa shape index (κ1) is 23.9. The lowest BCUT2D eigenvalue weighted by molar-refractivity contribution is -0.143. The van der Waals surface area contributed by atoms with Gasteiger partial charge in [0.1, 0.15) is 0 Å². The molecule has 1 amide bonds. The molecule has 1 aliphatic rings. The zero-order valence-corrected chi connectivity index (χ0v) is 17.4. The van der Waals surface area contributed by atoms with E-state index in [-0.39, 0.29) is 11.6 Å². The van der Waals surface area contributed by atoms with Gasteiger partial charge in [-0.25, -0.2) is 0 Å². The quantitative estimate of drug-likeness (QED) is 0.412. The van der Waals surface area contributed by atoms with Gasteiger partial charge in [-0.3, -0.25) is 4.79 Å². The third kappa shape index (κ3) is 5.19. The highest BCUT2D eigenvalue weighted by molar-refractivity contribution is 5.84. The van der Waals surface area contributed by atoms with Crippen LogP contribution < -0.4 is 11.1 Å². The topological polar surface area (TPSA) is 55.1 Å². The minimum atomic E-state index is -4.97. The van der Waals surface area contributed by atoms with Gasteiger partial charge >= 0.3 is 12.4 Å². The molecule has 3 N–H and O–H groups in total. The highest BCUT2D eigenvalue weighted by Crippen LogP contribution is 2.40. The van der Waals surface area contributed by atoms with Crippen LogP contribution in [-0.2, 0) is 22.7 Å². The number of hydrogen-bond acceptors (Lipinski definition) is 2. The van der Waals surface area contributed by atoms with Crippen molar-refractivity contribution in [2.45, 2.75) is 62.8 Å². The smallest absolute Gasteiger partial charge is 0.399 e. The number of nitrogen functional groups attached to an aromatic ring is 1. The van der Waals surface area contributed by atoms with Gasteiger partial charge in [0.2, 0.25) is 5.91 Å². The normalized spacial score (nSPS) is 17.6. The fourth-order valence-electron chi connectivity index (χ4n) is 4.17. The Morgan fingerprint density at radius 1 is 0.906 bits per heavy atom. The second kappa shape index (κ2) is 8.67. The van der Waals surface area contributed by atoms with Crippen molar-refractivity contribution in [2.24, 2.45) is 0 Å². The molecule has 2 aromatic carbocycles. The summed E-state index contributed by atoms with van der Waals surface area (Å²) in [4.78, 5) is 13.1. The first-order valence-electron chi connectivity index (χ1n) is 10.3. The SMILES string of the molecule is C[C@H](C(=O)NC1(c2ccc(N)cc2)CCCCC1)c1cc(C(F)(F)F)cc(C(F)(F)F)c1. The van der Waals surface area contributed by atoms with Gasteiger partial charge in [-0.15, -0.1) is 0 Å². The monoisotopic (exact) mass is 458 g/mol. The van der Waals surface area contributed by atoms with E-state index in [4.69, 9.17) is 5.73 Å². The Morgan fingerprint density at radius 2 is 1.41 bits per heavy atom. The standard InChI is InChI=1S/C23H24F6N2O/c1-14(15-11-17(22(24,25)26)13-18(12-15)23(27,28)29)20(32)31-21(9-3-2-4-10-21)16-5-7-19(30)8-6-16/h5-8,11-14H,2-4,9-10,30H2,1H3,(H,31,32)/t14-/m0/s1. The summed E-state index contributed by atoms with van der Waals surface area (Å²) in [6, 6.07) is 8.25. The average molecular weight is 458 g/mol. The predicted molar refractivity (Wildman–Crippen MR) is 109 cm³/mol. The summed E-state index contributed by atoms with van der Waals surface area (Å²) in [5, 5.41) is 2.94. The van der Waals surface area contributed by atoms with Gasteiger partial charge in [-0.1, -0.05) is 31.4 Å². The van der Waals surface area contributed by atoms with E-state index in [9.17, 15) is 31.1 Å². The fraction of sp³-hybridized carbons (Fsp3) is 0.435. The van der Waals surface area contributed by atoms with E-state index in [0.717, 1.165) is 24.8 Å². The average Bonchev–Trinajstić information content (AvgIpc) is 2.72. The molecule has 1 atom stereocenters. The van der Waals surface area contributed by atoms with E-state index in [1.807, 2.05) is 0 Å². The molecule has 0 unspecified atom stereocenters. The largest absolute Gasteiger partial charge is 0.416 e. The number of nitrogens with one attached hydrogen (secondary N) is 1. The molecule has 0 heterocycles. The van der Waals surface area contributed by atoms with Crippen LogP contribution in [0.25, 0.3) is 0 Å². The van der Waals surface area contributed by atoms with Gasteiger partial charge in [-0.05, 0) is 61.2 Å². The van der Waals surface area contributed by atoms with E-state index in [2.05, 4.69) is 5.32 Å². The maximum absolute atomic E-state index is 13.2. The number of hydrogen-bond donors (Lipinski definition) is 2. The summed E-state index contributed by atoms with van der Waals surface area (Å²) in [6.07, 6.45) is -6.06. The number of alkyl halides is 6. The molecular formula is C23H24F6N2O. The molecule has 174 valence electrons. The molecule has 1 aliphatic carbocycles. The van der Waals surface area contributed by atoms with Crippen LogP contribution in [0.2, 0.25) is 0 Å². The first-order valence-corrected chi connectivity index (χ1v) is 10.3. The molecule has 0 radical (unpaired) electrons. The number of anilines is 1. The van der Waals surface area contributed by atoms with Crippen LogP contribution in [0, 0.1) is 0 Å². The highest BCUT2D eigenvalue weighted by Gasteiger charge is 2.39. The lowest BCUT2D eigenvalue weighted by Crippen LogP contribution is -2.48. The van der Waals surface area contributed by atoms with Gasteiger partial charge < -0.3 is 11.1 Å². The molecule has 2 aromatic rings. The van der Waals surface area contributed by atoms with Crippen molar-refractivity contribution in [1.82, 2.24) is 5.32 Å². The van der Waals surface area contributed by atoms with Crippen molar-refractivity contribution in [2.75, 3.05) is 5.73 Å². The van der Waals surface area contributed by atoms with Crippen LogP contribution in [0.15, 0.2) is 42.5 Å². The van der Waals surface area contributed by atoms with Crippen LogP contribution in [-0.4, -0.2) is 5.91 Å². The van der Waals surface area contributed by atoms with Crippen molar-refractivity contribution in [3.8, 4) is 0 Å². The lowest BCUT2D eigenvalue weighted by atomic mass is 9.76. The van der Waals surface area contributed by atoms with Crippen LogP contribution in [0.4, 0.5) is 32.0 Å². The van der Waals surface area contributed by atoms with Crippen LogP contribution >= 0.6 is 0 Å². The predicted octanol–water partition coefficient (Wildman–Crippen LogP) is 6.39. The molecule has 1 fully saturated rings. The molecule has 32 heavy (non-hydrogen) atoms. The Labute approximate surface area is 182 Å². The number of rotatable bonds is 4. The first-order chi connectivity index (χ1) is 14.8. The zero-order valence-electron chi connectivity index (χ0n) is 17.4. The van der Waals surface area contributed by atoms with Gasteiger partial charge in [0, 0.05) is 5.69 Å². The zero-order chi connectivity index (χ0) is 23.7. The fourth-order valence-corrected chi connectivity index (χ4v) is 4.17. The molecule has 0 aliphatic heterocycles. The Balaban J connectivity index is 1.95. The van der Waals surface area contributed by atoms with Crippen molar-refractivity contribution in [3.05, 3.63) is 64.7 Å². The molecule has 3 rings (SSSR count). The van der Waals surface area contributed by atoms with E-state index in [1.165, 1.54) is 6.92 Å². The molecule has 9 heteroatoms. The minimum absolute atomic E-state index is 0.0606.